The van der Waals surface area contributed by atoms with Gasteiger partial charge in [0.05, 0.1) is 0 Å². The molecular formula is C21H30N2O3. The standard InChI is InChI=1S/C21H30N2O3/c1-26-16-13-21(22-20(25)18-8-9-18)11-14-23(15-12-21)19(24)10-7-17-5-3-2-4-6-17/h2-6,18H,7-16H2,1H3,(H,22,25). The first-order valence-corrected chi connectivity index (χ1v) is 9.74. The van der Waals surface area contributed by atoms with E-state index in [2.05, 4.69) is 17.4 Å². The van der Waals surface area contributed by atoms with Crippen LogP contribution in [-0.2, 0) is 20.7 Å². The molecule has 0 aromatic heterocycles. The van der Waals surface area contributed by atoms with Crippen molar-refractivity contribution in [2.45, 2.75) is 50.5 Å². The Morgan fingerprint density at radius 2 is 1.88 bits per heavy atom. The smallest absolute Gasteiger partial charge is 0.223 e. The van der Waals surface area contributed by atoms with Gasteiger partial charge in [-0.3, -0.25) is 9.59 Å². The van der Waals surface area contributed by atoms with Crippen LogP contribution in [0.15, 0.2) is 30.3 Å². The van der Waals surface area contributed by atoms with Gasteiger partial charge in [-0.05, 0) is 44.1 Å². The molecule has 5 heteroatoms. The molecule has 1 aliphatic heterocycles. The van der Waals surface area contributed by atoms with Crippen LogP contribution in [0.4, 0.5) is 0 Å². The summed E-state index contributed by atoms with van der Waals surface area (Å²) in [7, 11) is 1.69. The van der Waals surface area contributed by atoms with E-state index in [1.807, 2.05) is 23.1 Å². The van der Waals surface area contributed by atoms with E-state index in [1.165, 1.54) is 5.56 Å². The van der Waals surface area contributed by atoms with Gasteiger partial charge in [-0.1, -0.05) is 30.3 Å². The molecule has 1 aromatic carbocycles. The van der Waals surface area contributed by atoms with Crippen molar-refractivity contribution in [2.24, 2.45) is 5.92 Å². The van der Waals surface area contributed by atoms with E-state index in [0.29, 0.717) is 26.1 Å². The van der Waals surface area contributed by atoms with Crippen LogP contribution in [0, 0.1) is 5.92 Å². The maximum atomic E-state index is 12.6. The normalized spacial score (nSPS) is 19.2. The molecule has 0 bridgehead atoms. The molecule has 3 rings (SSSR count). The van der Waals surface area contributed by atoms with Gasteiger partial charge in [0.25, 0.3) is 0 Å². The van der Waals surface area contributed by atoms with Crippen molar-refractivity contribution < 1.29 is 14.3 Å². The summed E-state index contributed by atoms with van der Waals surface area (Å²) >= 11 is 0. The Kier molecular flexibility index (Phi) is 6.30. The molecule has 26 heavy (non-hydrogen) atoms. The van der Waals surface area contributed by atoms with Crippen molar-refractivity contribution >= 4 is 11.8 Å². The molecule has 1 aliphatic carbocycles. The van der Waals surface area contributed by atoms with Crippen LogP contribution in [-0.4, -0.2) is 49.1 Å². The number of methoxy groups -OCH3 is 1. The van der Waals surface area contributed by atoms with E-state index in [0.717, 1.165) is 38.5 Å². The van der Waals surface area contributed by atoms with Gasteiger partial charge in [0.2, 0.25) is 11.8 Å². The number of benzene rings is 1. The molecule has 1 saturated carbocycles. The number of nitrogens with one attached hydrogen (secondary N) is 1. The fourth-order valence-corrected chi connectivity index (χ4v) is 3.68. The lowest BCUT2D eigenvalue weighted by molar-refractivity contribution is -0.133. The summed E-state index contributed by atoms with van der Waals surface area (Å²) in [5.41, 5.74) is 0.982. The first-order valence-electron chi connectivity index (χ1n) is 9.74. The zero-order valence-electron chi connectivity index (χ0n) is 15.7. The second-order valence-corrected chi connectivity index (χ2v) is 7.65. The van der Waals surface area contributed by atoms with Crippen molar-refractivity contribution in [3.8, 4) is 0 Å². The minimum atomic E-state index is -0.216. The van der Waals surface area contributed by atoms with E-state index in [1.54, 1.807) is 7.11 Å². The van der Waals surface area contributed by atoms with Crippen LogP contribution in [0.1, 0.15) is 44.1 Å². The summed E-state index contributed by atoms with van der Waals surface area (Å²) in [6, 6.07) is 10.1. The van der Waals surface area contributed by atoms with Gasteiger partial charge in [0.15, 0.2) is 0 Å². The van der Waals surface area contributed by atoms with Crippen LogP contribution in [0.5, 0.6) is 0 Å². The number of rotatable bonds is 8. The lowest BCUT2D eigenvalue weighted by atomic mass is 9.84. The summed E-state index contributed by atoms with van der Waals surface area (Å²) in [4.78, 5) is 26.8. The second kappa shape index (κ2) is 8.67. The van der Waals surface area contributed by atoms with Gasteiger partial charge in [0.1, 0.15) is 0 Å². The minimum absolute atomic E-state index is 0.185. The fraction of sp³-hybridized carbons (Fsp3) is 0.619. The van der Waals surface area contributed by atoms with Gasteiger partial charge in [-0.25, -0.2) is 0 Å². The van der Waals surface area contributed by atoms with Gasteiger partial charge in [-0.2, -0.15) is 0 Å². The molecule has 2 aliphatic rings. The van der Waals surface area contributed by atoms with Crippen LogP contribution < -0.4 is 5.32 Å². The zero-order chi connectivity index (χ0) is 18.4. The molecular weight excluding hydrogens is 328 g/mol. The van der Waals surface area contributed by atoms with E-state index in [4.69, 9.17) is 4.74 Å². The monoisotopic (exact) mass is 358 g/mol. The average Bonchev–Trinajstić information content (AvgIpc) is 3.51. The molecule has 0 spiro atoms. The number of likely N-dealkylation sites (tertiary alicyclic amines) is 1. The number of ether oxygens (including phenoxy) is 1. The van der Waals surface area contributed by atoms with Crippen LogP contribution in [0.3, 0.4) is 0 Å². The Bertz CT molecular complexity index is 605. The largest absolute Gasteiger partial charge is 0.385 e. The third-order valence-corrected chi connectivity index (χ3v) is 5.66. The van der Waals surface area contributed by atoms with Gasteiger partial charge >= 0.3 is 0 Å². The molecule has 142 valence electrons. The Balaban J connectivity index is 1.51. The lowest BCUT2D eigenvalue weighted by Gasteiger charge is -2.42. The Hall–Kier alpha value is -1.88. The zero-order valence-corrected chi connectivity index (χ0v) is 15.7. The van der Waals surface area contributed by atoms with E-state index in [-0.39, 0.29) is 23.3 Å². The molecule has 0 atom stereocenters. The maximum absolute atomic E-state index is 12.6. The molecule has 1 heterocycles. The number of aryl methyl sites for hydroxylation is 1. The van der Waals surface area contributed by atoms with Crippen molar-refractivity contribution in [1.82, 2.24) is 10.2 Å². The number of piperidine rings is 1. The highest BCUT2D eigenvalue weighted by molar-refractivity contribution is 5.81. The lowest BCUT2D eigenvalue weighted by Crippen LogP contribution is -2.57. The number of carbonyl (C=O) groups excluding carboxylic acids is 2. The maximum Gasteiger partial charge on any atom is 0.223 e. The van der Waals surface area contributed by atoms with E-state index >= 15 is 0 Å². The van der Waals surface area contributed by atoms with Crippen molar-refractivity contribution in [2.75, 3.05) is 26.8 Å². The Morgan fingerprint density at radius 1 is 1.19 bits per heavy atom. The highest BCUT2D eigenvalue weighted by atomic mass is 16.5. The van der Waals surface area contributed by atoms with Gasteiger partial charge in [0, 0.05) is 44.7 Å². The predicted octanol–water partition coefficient (Wildman–Crippen LogP) is 2.54. The van der Waals surface area contributed by atoms with Crippen LogP contribution in [0.2, 0.25) is 0 Å². The first-order chi connectivity index (χ1) is 12.6. The number of carbonyl (C=O) groups is 2. The molecule has 0 radical (unpaired) electrons. The fourth-order valence-electron chi connectivity index (χ4n) is 3.68. The Morgan fingerprint density at radius 3 is 2.50 bits per heavy atom. The summed E-state index contributed by atoms with van der Waals surface area (Å²) in [6.45, 7) is 2.05. The van der Waals surface area contributed by atoms with Crippen LogP contribution >= 0.6 is 0 Å². The SMILES string of the molecule is COCCC1(NC(=O)C2CC2)CCN(C(=O)CCc2ccccc2)CC1. The predicted molar refractivity (Wildman–Crippen MR) is 101 cm³/mol. The highest BCUT2D eigenvalue weighted by Gasteiger charge is 2.40. The topological polar surface area (TPSA) is 58.6 Å². The third kappa shape index (κ3) is 5.07. The van der Waals surface area contributed by atoms with Crippen molar-refractivity contribution in [3.63, 3.8) is 0 Å². The first kappa shape index (κ1) is 18.9. The molecule has 1 N–H and O–H groups in total. The Labute approximate surface area is 156 Å². The molecule has 2 fully saturated rings. The van der Waals surface area contributed by atoms with Gasteiger partial charge < -0.3 is 15.0 Å². The molecule has 1 aromatic rings. The molecule has 2 amide bonds. The summed E-state index contributed by atoms with van der Waals surface area (Å²) in [5.74, 6) is 0.604. The minimum Gasteiger partial charge on any atom is -0.385 e. The number of hydrogen-bond acceptors (Lipinski definition) is 3. The quantitative estimate of drug-likeness (QED) is 0.777. The molecule has 1 saturated heterocycles. The van der Waals surface area contributed by atoms with Crippen molar-refractivity contribution in [1.29, 1.82) is 0 Å². The molecule has 5 nitrogen and oxygen atoms in total. The molecule has 0 unspecified atom stereocenters. The van der Waals surface area contributed by atoms with E-state index in [9.17, 15) is 9.59 Å². The average molecular weight is 358 g/mol. The number of nitrogens with zero attached hydrogens (tertiary/aromatic N) is 1. The summed E-state index contributed by atoms with van der Waals surface area (Å²) in [6.07, 6.45) is 5.78. The highest BCUT2D eigenvalue weighted by Crippen LogP contribution is 2.32. The van der Waals surface area contributed by atoms with Gasteiger partial charge in [-0.15, -0.1) is 0 Å². The second-order valence-electron chi connectivity index (χ2n) is 7.65. The third-order valence-electron chi connectivity index (χ3n) is 5.66. The number of hydrogen-bond donors (Lipinski definition) is 1. The van der Waals surface area contributed by atoms with Crippen LogP contribution in [0.25, 0.3) is 0 Å². The van der Waals surface area contributed by atoms with E-state index < -0.39 is 0 Å². The number of amides is 2. The summed E-state index contributed by atoms with van der Waals surface area (Å²) < 4.78 is 5.26. The summed E-state index contributed by atoms with van der Waals surface area (Å²) in [5, 5.41) is 3.29. The van der Waals surface area contributed by atoms with Crippen molar-refractivity contribution in [3.05, 3.63) is 35.9 Å².